The Morgan fingerprint density at radius 3 is 2.32 bits per heavy atom. The minimum Gasteiger partial charge on any atom is -0.438 e. The van der Waals surface area contributed by atoms with Crippen molar-refractivity contribution in [3.63, 3.8) is 0 Å². The van der Waals surface area contributed by atoms with Crippen LogP contribution in [0.2, 0.25) is 0 Å². The maximum Gasteiger partial charge on any atom is 0.411 e. The van der Waals surface area contributed by atoms with Crippen LogP contribution >= 0.6 is 0 Å². The van der Waals surface area contributed by atoms with E-state index in [1.54, 1.807) is 18.7 Å². The first kappa shape index (κ1) is 26.9. The van der Waals surface area contributed by atoms with Crippen LogP contribution in [0.15, 0.2) is 54.6 Å². The van der Waals surface area contributed by atoms with Gasteiger partial charge in [0.15, 0.2) is 0 Å². The second-order valence-corrected chi connectivity index (χ2v) is 12.0. The summed E-state index contributed by atoms with van der Waals surface area (Å²) in [5.74, 6) is 7.09. The number of rotatable bonds is 8. The van der Waals surface area contributed by atoms with Gasteiger partial charge in [-0.05, 0) is 70.7 Å². The van der Waals surface area contributed by atoms with E-state index in [9.17, 15) is 14.7 Å². The first-order valence-electron chi connectivity index (χ1n) is 13.3. The molecule has 37 heavy (non-hydrogen) atoms. The largest absolute Gasteiger partial charge is 0.438 e. The number of amides is 1. The molecule has 1 aliphatic heterocycles. The number of carbonyl (C=O) groups excluding carboxylic acids is 2. The summed E-state index contributed by atoms with van der Waals surface area (Å²) in [5, 5.41) is 10.6. The van der Waals surface area contributed by atoms with Crippen LogP contribution in [0.3, 0.4) is 0 Å². The topological polar surface area (TPSA) is 66.8 Å². The van der Waals surface area contributed by atoms with E-state index < -0.39 is 11.2 Å². The molecule has 1 amide bonds. The molecule has 0 aromatic heterocycles. The summed E-state index contributed by atoms with van der Waals surface area (Å²) in [6.07, 6.45) is 3.09. The van der Waals surface area contributed by atoms with Gasteiger partial charge >= 0.3 is 6.09 Å². The summed E-state index contributed by atoms with van der Waals surface area (Å²) in [7, 11) is 0. The van der Waals surface area contributed by atoms with E-state index in [1.807, 2.05) is 75.4 Å². The molecule has 1 saturated carbocycles. The first-order valence-corrected chi connectivity index (χ1v) is 13.3. The average Bonchev–Trinajstić information content (AvgIpc) is 3.68. The van der Waals surface area contributed by atoms with Crippen LogP contribution in [-0.4, -0.2) is 34.0 Å². The molecule has 4 rings (SSSR count). The Labute approximate surface area is 221 Å². The van der Waals surface area contributed by atoms with Gasteiger partial charge in [-0.15, -0.1) is 0 Å². The molecule has 5 heteroatoms. The monoisotopic (exact) mass is 501 g/mol. The standard InChI is InChI=1S/C32H39NO4/c1-23(25-13-11-24(12-14-25)17-18-30(2,3)21-28(34)26-15-16-26)33-20-19-32(37-29(33)35,22-31(4,5)36)27-9-7-6-8-10-27/h6-14,23,26,36H,15-16,19-22H2,1-5H3/t23-,32-/m0/s1. The molecule has 0 spiro atoms. The molecule has 0 bridgehead atoms. The van der Waals surface area contributed by atoms with Crippen molar-refractivity contribution in [2.45, 2.75) is 84.0 Å². The molecule has 5 nitrogen and oxygen atoms in total. The van der Waals surface area contributed by atoms with Gasteiger partial charge in [0, 0.05) is 42.7 Å². The molecule has 0 radical (unpaired) electrons. The highest BCUT2D eigenvalue weighted by Gasteiger charge is 2.46. The van der Waals surface area contributed by atoms with Crippen LogP contribution in [0, 0.1) is 23.2 Å². The Morgan fingerprint density at radius 1 is 1.11 bits per heavy atom. The molecule has 1 aliphatic carbocycles. The predicted molar refractivity (Wildman–Crippen MR) is 145 cm³/mol. The van der Waals surface area contributed by atoms with Crippen LogP contribution in [0.5, 0.6) is 0 Å². The Morgan fingerprint density at radius 2 is 1.76 bits per heavy atom. The van der Waals surface area contributed by atoms with E-state index in [4.69, 9.17) is 4.74 Å². The van der Waals surface area contributed by atoms with Crippen molar-refractivity contribution in [1.82, 2.24) is 4.90 Å². The fraction of sp³-hybridized carbons (Fsp3) is 0.500. The van der Waals surface area contributed by atoms with Crippen LogP contribution in [0.1, 0.15) is 89.5 Å². The summed E-state index contributed by atoms with van der Waals surface area (Å²) >= 11 is 0. The molecular formula is C32H39NO4. The Kier molecular flexibility index (Phi) is 7.53. The fourth-order valence-corrected chi connectivity index (χ4v) is 5.19. The zero-order valence-corrected chi connectivity index (χ0v) is 22.7. The van der Waals surface area contributed by atoms with E-state index >= 15 is 0 Å². The summed E-state index contributed by atoms with van der Waals surface area (Å²) < 4.78 is 6.12. The maximum atomic E-state index is 13.3. The van der Waals surface area contributed by atoms with E-state index in [0.29, 0.717) is 31.6 Å². The molecule has 196 valence electrons. The third-order valence-corrected chi connectivity index (χ3v) is 7.35. The number of ketones is 1. The smallest absolute Gasteiger partial charge is 0.411 e. The SMILES string of the molecule is C[C@@H](c1ccc(C#CC(C)(C)CC(=O)C2CC2)cc1)N1CC[C@](CC(C)(C)O)(c2ccccc2)OC1=O. The molecule has 2 aliphatic rings. The number of hydrogen-bond donors (Lipinski definition) is 1. The molecule has 2 aromatic rings. The summed E-state index contributed by atoms with van der Waals surface area (Å²) in [5.41, 5.74) is 0.596. The van der Waals surface area contributed by atoms with Gasteiger partial charge in [-0.1, -0.05) is 54.3 Å². The van der Waals surface area contributed by atoms with Crippen LogP contribution < -0.4 is 0 Å². The number of ether oxygens (including phenoxy) is 1. The van der Waals surface area contributed by atoms with Crippen LogP contribution in [0.25, 0.3) is 0 Å². The van der Waals surface area contributed by atoms with Crippen molar-refractivity contribution in [2.24, 2.45) is 11.3 Å². The highest BCUT2D eigenvalue weighted by molar-refractivity contribution is 5.84. The molecule has 0 unspecified atom stereocenters. The molecule has 2 aromatic carbocycles. The van der Waals surface area contributed by atoms with Crippen molar-refractivity contribution in [1.29, 1.82) is 0 Å². The summed E-state index contributed by atoms with van der Waals surface area (Å²) in [6, 6.07) is 17.5. The predicted octanol–water partition coefficient (Wildman–Crippen LogP) is 6.39. The molecule has 2 fully saturated rings. The Bertz CT molecular complexity index is 1180. The number of hydrogen-bond acceptors (Lipinski definition) is 4. The highest BCUT2D eigenvalue weighted by Crippen LogP contribution is 2.42. The quantitative estimate of drug-likeness (QED) is 0.426. The Hall–Kier alpha value is -3.10. The molecule has 1 saturated heterocycles. The zero-order chi connectivity index (χ0) is 26.8. The van der Waals surface area contributed by atoms with E-state index in [0.717, 1.165) is 29.5 Å². The molecular weight excluding hydrogens is 462 g/mol. The van der Waals surface area contributed by atoms with Crippen molar-refractivity contribution >= 4 is 11.9 Å². The van der Waals surface area contributed by atoms with Gasteiger partial charge in [0.05, 0.1) is 11.6 Å². The lowest BCUT2D eigenvalue weighted by molar-refractivity contribution is -0.121. The number of Topliss-reactive ketones (excluding diaryl/α,β-unsaturated/α-hetero) is 1. The molecule has 1 heterocycles. The van der Waals surface area contributed by atoms with Crippen LogP contribution in [-0.2, 0) is 15.1 Å². The van der Waals surface area contributed by atoms with E-state index in [2.05, 4.69) is 11.8 Å². The van der Waals surface area contributed by atoms with Crippen molar-refractivity contribution in [2.75, 3.05) is 6.54 Å². The van der Waals surface area contributed by atoms with E-state index in [1.165, 1.54) is 0 Å². The minimum atomic E-state index is -0.986. The van der Waals surface area contributed by atoms with Crippen molar-refractivity contribution in [3.8, 4) is 11.8 Å². The van der Waals surface area contributed by atoms with Crippen LogP contribution in [0.4, 0.5) is 4.79 Å². The van der Waals surface area contributed by atoms with Gasteiger partial charge in [0.25, 0.3) is 0 Å². The number of carbonyl (C=O) groups is 2. The third-order valence-electron chi connectivity index (χ3n) is 7.35. The number of benzene rings is 2. The highest BCUT2D eigenvalue weighted by atomic mass is 16.6. The van der Waals surface area contributed by atoms with Gasteiger partial charge in [0.2, 0.25) is 0 Å². The third kappa shape index (κ3) is 6.81. The second kappa shape index (κ2) is 10.3. The Balaban J connectivity index is 1.44. The van der Waals surface area contributed by atoms with Gasteiger partial charge in [-0.25, -0.2) is 4.79 Å². The molecule has 1 N–H and O–H groups in total. The minimum absolute atomic E-state index is 0.168. The van der Waals surface area contributed by atoms with Crippen molar-refractivity contribution < 1.29 is 19.4 Å². The van der Waals surface area contributed by atoms with Gasteiger partial charge < -0.3 is 14.7 Å². The second-order valence-electron chi connectivity index (χ2n) is 12.0. The lowest BCUT2D eigenvalue weighted by atomic mass is 9.80. The van der Waals surface area contributed by atoms with E-state index in [-0.39, 0.29) is 23.5 Å². The first-order chi connectivity index (χ1) is 17.4. The molecule has 2 atom stereocenters. The average molecular weight is 502 g/mol. The van der Waals surface area contributed by atoms with Gasteiger partial charge in [-0.2, -0.15) is 0 Å². The normalized spacial score (nSPS) is 21.0. The van der Waals surface area contributed by atoms with Crippen molar-refractivity contribution in [3.05, 3.63) is 71.3 Å². The fourth-order valence-electron chi connectivity index (χ4n) is 5.19. The van der Waals surface area contributed by atoms with Gasteiger partial charge in [-0.3, -0.25) is 4.79 Å². The number of cyclic esters (lactones) is 1. The zero-order valence-electron chi connectivity index (χ0n) is 22.7. The lowest BCUT2D eigenvalue weighted by Gasteiger charge is -2.45. The number of aliphatic hydroxyl groups is 1. The van der Waals surface area contributed by atoms with Gasteiger partial charge in [0.1, 0.15) is 11.4 Å². The summed E-state index contributed by atoms with van der Waals surface area (Å²) in [6.45, 7) is 10.1. The lowest BCUT2D eigenvalue weighted by Crippen LogP contribution is -2.51. The number of nitrogens with zero attached hydrogens (tertiary/aromatic N) is 1. The maximum absolute atomic E-state index is 13.3. The summed E-state index contributed by atoms with van der Waals surface area (Å²) in [4.78, 5) is 27.2.